The third-order valence-electron chi connectivity index (χ3n) is 1.60. The van der Waals surface area contributed by atoms with Gasteiger partial charge in [0.2, 0.25) is 0 Å². The number of hydrogen-bond donors (Lipinski definition) is 1. The van der Waals surface area contributed by atoms with Crippen molar-refractivity contribution in [1.29, 1.82) is 0 Å². The van der Waals surface area contributed by atoms with E-state index in [-0.39, 0.29) is 0 Å². The molecule has 0 unspecified atom stereocenters. The Morgan fingerprint density at radius 3 is 2.83 bits per heavy atom. The van der Waals surface area contributed by atoms with Crippen LogP contribution < -0.4 is 5.73 Å². The van der Waals surface area contributed by atoms with Crippen LogP contribution in [0.2, 0.25) is 0 Å². The van der Waals surface area contributed by atoms with Gasteiger partial charge < -0.3 is 5.73 Å². The van der Waals surface area contributed by atoms with E-state index < -0.39 is 0 Å². The fraction of sp³-hybridized carbons (Fsp3) is 0.333. The largest absolute Gasteiger partial charge is 0.393 e. The van der Waals surface area contributed by atoms with Crippen molar-refractivity contribution in [1.82, 2.24) is 4.98 Å². The average molecular weight is 180 g/mol. The van der Waals surface area contributed by atoms with Crippen molar-refractivity contribution in [2.75, 3.05) is 0 Å². The maximum atomic E-state index is 5.37. The third kappa shape index (κ3) is 2.96. The smallest absolute Gasteiger partial charge is 0.0731 e. The number of rotatable bonds is 3. The minimum absolute atomic E-state index is 0.553. The summed E-state index contributed by atoms with van der Waals surface area (Å²) in [7, 11) is 0. The van der Waals surface area contributed by atoms with E-state index in [0.717, 1.165) is 18.5 Å². The first-order valence-corrected chi connectivity index (χ1v) is 4.29. The highest BCUT2D eigenvalue weighted by atomic mass is 32.1. The second-order valence-electron chi connectivity index (χ2n) is 2.79. The van der Waals surface area contributed by atoms with E-state index in [9.17, 15) is 0 Å². The van der Waals surface area contributed by atoms with Crippen LogP contribution in [0.3, 0.4) is 0 Å². The monoisotopic (exact) mass is 180 g/mol. The first kappa shape index (κ1) is 9.13. The van der Waals surface area contributed by atoms with E-state index in [4.69, 9.17) is 18.0 Å². The molecular weight excluding hydrogens is 168 g/mol. The molecule has 0 aromatic carbocycles. The summed E-state index contributed by atoms with van der Waals surface area (Å²) in [6, 6.07) is 4.05. The van der Waals surface area contributed by atoms with Crippen molar-refractivity contribution in [2.24, 2.45) is 5.73 Å². The molecule has 0 aliphatic rings. The molecular formula is C9H12N2S. The molecule has 1 aromatic rings. The van der Waals surface area contributed by atoms with Gasteiger partial charge in [0, 0.05) is 18.3 Å². The Morgan fingerprint density at radius 1 is 1.58 bits per heavy atom. The topological polar surface area (TPSA) is 38.9 Å². The van der Waals surface area contributed by atoms with Gasteiger partial charge in [-0.15, -0.1) is 0 Å². The van der Waals surface area contributed by atoms with Crippen molar-refractivity contribution in [3.63, 3.8) is 0 Å². The Bertz CT molecular complexity index is 266. The van der Waals surface area contributed by atoms with Gasteiger partial charge in [-0.25, -0.2) is 0 Å². The fourth-order valence-electron chi connectivity index (χ4n) is 0.898. The minimum atomic E-state index is 0.553. The molecule has 64 valence electrons. The molecule has 1 heterocycles. The molecule has 0 bridgehead atoms. The lowest BCUT2D eigenvalue weighted by molar-refractivity contribution is 0.969. The Morgan fingerprint density at radius 2 is 2.33 bits per heavy atom. The molecule has 0 atom stereocenters. The predicted molar refractivity (Wildman–Crippen MR) is 54.1 cm³/mol. The van der Waals surface area contributed by atoms with Crippen LogP contribution in [0.5, 0.6) is 0 Å². The zero-order valence-corrected chi connectivity index (χ0v) is 7.90. The molecule has 2 nitrogen and oxygen atoms in total. The van der Waals surface area contributed by atoms with Crippen molar-refractivity contribution < 1.29 is 0 Å². The van der Waals surface area contributed by atoms with Crippen LogP contribution >= 0.6 is 12.2 Å². The van der Waals surface area contributed by atoms with Crippen LogP contribution in [0.4, 0.5) is 0 Å². The number of aryl methyl sites for hydroxylation is 2. The first-order valence-electron chi connectivity index (χ1n) is 3.88. The lowest BCUT2D eigenvalue weighted by Crippen LogP contribution is -2.08. The van der Waals surface area contributed by atoms with E-state index in [1.165, 1.54) is 5.56 Å². The summed E-state index contributed by atoms with van der Waals surface area (Å²) in [6.07, 6.45) is 3.44. The van der Waals surface area contributed by atoms with Crippen LogP contribution in [0.1, 0.15) is 17.7 Å². The number of nitrogens with two attached hydrogens (primary N) is 1. The van der Waals surface area contributed by atoms with Crippen LogP contribution in [0, 0.1) is 6.92 Å². The highest BCUT2D eigenvalue weighted by Gasteiger charge is 1.95. The van der Waals surface area contributed by atoms with Crippen LogP contribution in [-0.2, 0) is 6.42 Å². The molecule has 1 aromatic heterocycles. The highest BCUT2D eigenvalue weighted by Crippen LogP contribution is 2.01. The van der Waals surface area contributed by atoms with E-state index in [1.807, 2.05) is 25.3 Å². The predicted octanol–water partition coefficient (Wildman–Crippen LogP) is 1.61. The van der Waals surface area contributed by atoms with Gasteiger partial charge in [-0.1, -0.05) is 18.3 Å². The van der Waals surface area contributed by atoms with Gasteiger partial charge in [0.05, 0.1) is 4.99 Å². The summed E-state index contributed by atoms with van der Waals surface area (Å²) < 4.78 is 0. The van der Waals surface area contributed by atoms with Crippen molar-refractivity contribution in [3.8, 4) is 0 Å². The van der Waals surface area contributed by atoms with E-state index in [2.05, 4.69) is 4.98 Å². The quantitative estimate of drug-likeness (QED) is 0.718. The van der Waals surface area contributed by atoms with Gasteiger partial charge in [-0.3, -0.25) is 4.98 Å². The Labute approximate surface area is 77.8 Å². The average Bonchev–Trinajstić information content (AvgIpc) is 2.03. The summed E-state index contributed by atoms with van der Waals surface area (Å²) in [6.45, 7) is 2.02. The maximum absolute atomic E-state index is 5.37. The van der Waals surface area contributed by atoms with Gasteiger partial charge in [-0.2, -0.15) is 0 Å². The van der Waals surface area contributed by atoms with Gasteiger partial charge in [0.1, 0.15) is 0 Å². The standard InChI is InChI=1S/C9H12N2S/c1-7-2-3-8(11-6-7)4-5-9(10)12/h2-3,6H,4-5H2,1H3,(H2,10,12). The van der Waals surface area contributed by atoms with Crippen molar-refractivity contribution >= 4 is 17.2 Å². The van der Waals surface area contributed by atoms with E-state index in [1.54, 1.807) is 0 Å². The van der Waals surface area contributed by atoms with Crippen LogP contribution in [0.25, 0.3) is 0 Å². The molecule has 12 heavy (non-hydrogen) atoms. The molecule has 2 N–H and O–H groups in total. The van der Waals surface area contributed by atoms with Gasteiger partial charge in [-0.05, 0) is 25.0 Å². The number of thiocarbonyl (C=S) groups is 1. The lowest BCUT2D eigenvalue weighted by atomic mass is 10.2. The van der Waals surface area contributed by atoms with E-state index >= 15 is 0 Å². The number of aromatic nitrogens is 1. The molecule has 0 amide bonds. The highest BCUT2D eigenvalue weighted by molar-refractivity contribution is 7.80. The van der Waals surface area contributed by atoms with Gasteiger partial charge >= 0.3 is 0 Å². The molecule has 0 fully saturated rings. The second-order valence-corrected chi connectivity index (χ2v) is 3.32. The molecule has 0 radical (unpaired) electrons. The zero-order valence-electron chi connectivity index (χ0n) is 7.08. The zero-order chi connectivity index (χ0) is 8.97. The first-order chi connectivity index (χ1) is 5.68. The summed E-state index contributed by atoms with van der Waals surface area (Å²) in [5, 5.41) is 0. The minimum Gasteiger partial charge on any atom is -0.393 e. The lowest BCUT2D eigenvalue weighted by Gasteiger charge is -1.98. The van der Waals surface area contributed by atoms with Crippen molar-refractivity contribution in [2.45, 2.75) is 19.8 Å². The molecule has 0 saturated carbocycles. The molecule has 0 aliphatic heterocycles. The van der Waals surface area contributed by atoms with Crippen LogP contribution in [-0.4, -0.2) is 9.97 Å². The summed E-state index contributed by atoms with van der Waals surface area (Å²) in [4.78, 5) is 4.79. The molecule has 0 spiro atoms. The third-order valence-corrected chi connectivity index (χ3v) is 1.80. The Kier molecular flexibility index (Phi) is 3.17. The number of hydrogen-bond acceptors (Lipinski definition) is 2. The van der Waals surface area contributed by atoms with Gasteiger partial charge in [0.25, 0.3) is 0 Å². The number of pyridine rings is 1. The van der Waals surface area contributed by atoms with Crippen LogP contribution in [0.15, 0.2) is 18.3 Å². The molecule has 3 heteroatoms. The van der Waals surface area contributed by atoms with Crippen molar-refractivity contribution in [3.05, 3.63) is 29.6 Å². The summed E-state index contributed by atoms with van der Waals surface area (Å²) in [5.41, 5.74) is 7.60. The second kappa shape index (κ2) is 4.16. The SMILES string of the molecule is Cc1ccc(CCC(N)=S)nc1. The van der Waals surface area contributed by atoms with E-state index in [0.29, 0.717) is 4.99 Å². The molecule has 0 saturated heterocycles. The normalized spacial score (nSPS) is 9.75. The summed E-state index contributed by atoms with van der Waals surface area (Å²) in [5.74, 6) is 0. The Balaban J connectivity index is 2.53. The summed E-state index contributed by atoms with van der Waals surface area (Å²) >= 11 is 4.77. The number of nitrogens with zero attached hydrogens (tertiary/aromatic N) is 1. The fourth-order valence-corrected chi connectivity index (χ4v) is 1.000. The molecule has 0 aliphatic carbocycles. The van der Waals surface area contributed by atoms with Gasteiger partial charge in [0.15, 0.2) is 0 Å². The maximum Gasteiger partial charge on any atom is 0.0731 e. The Hall–Kier alpha value is -0.960. The molecule has 1 rings (SSSR count).